The molecule has 0 amide bonds. The number of carbonyl (C=O) groups excluding carboxylic acids is 2. The van der Waals surface area contributed by atoms with E-state index in [-0.39, 0.29) is 0 Å². The lowest BCUT2D eigenvalue weighted by Crippen LogP contribution is -2.51. The van der Waals surface area contributed by atoms with E-state index in [0.29, 0.717) is 32.0 Å². The predicted molar refractivity (Wildman–Crippen MR) is 148 cm³/mol. The van der Waals surface area contributed by atoms with Crippen LogP contribution in [0.5, 0.6) is 0 Å². The standard InChI is InChI=1S/C29H29N5O2S/c1-29(2)27(23(36)18-35)32-19-34(29)16-15-30-28-31-17-22(20-9-5-3-6-10-20)26(33-28)25-14-13-24(37-25)21-11-7-4-8-12-21/h3-14,17-18,27,32H,15-16,19H2,1-2H3,(H,30,31,33). The molecule has 0 saturated carbocycles. The summed E-state index contributed by atoms with van der Waals surface area (Å²) >= 11 is 1.71. The zero-order valence-electron chi connectivity index (χ0n) is 20.8. The van der Waals surface area contributed by atoms with Crippen molar-refractivity contribution in [2.75, 3.05) is 25.1 Å². The third kappa shape index (κ3) is 5.22. The van der Waals surface area contributed by atoms with Gasteiger partial charge in [0.1, 0.15) is 0 Å². The van der Waals surface area contributed by atoms with Gasteiger partial charge < -0.3 is 5.32 Å². The number of nitrogens with zero attached hydrogens (tertiary/aromatic N) is 3. The first-order valence-electron chi connectivity index (χ1n) is 12.3. The Labute approximate surface area is 220 Å². The van der Waals surface area contributed by atoms with Crippen LogP contribution < -0.4 is 10.6 Å². The molecule has 7 nitrogen and oxygen atoms in total. The number of hydrogen-bond acceptors (Lipinski definition) is 8. The fraction of sp³-hybridized carbons (Fsp3) is 0.241. The van der Waals surface area contributed by atoms with Crippen molar-refractivity contribution >= 4 is 29.4 Å². The first-order chi connectivity index (χ1) is 18.0. The molecule has 2 aromatic carbocycles. The van der Waals surface area contributed by atoms with Crippen molar-refractivity contribution in [3.63, 3.8) is 0 Å². The minimum Gasteiger partial charge on any atom is -0.353 e. The summed E-state index contributed by atoms with van der Waals surface area (Å²) in [4.78, 5) is 37.0. The quantitative estimate of drug-likeness (QED) is 0.248. The smallest absolute Gasteiger partial charge is 0.223 e. The van der Waals surface area contributed by atoms with Gasteiger partial charge in [-0.25, -0.2) is 9.97 Å². The third-order valence-electron chi connectivity index (χ3n) is 6.84. The highest BCUT2D eigenvalue weighted by molar-refractivity contribution is 7.18. The maximum Gasteiger partial charge on any atom is 0.223 e. The Morgan fingerprint density at radius 3 is 2.43 bits per heavy atom. The van der Waals surface area contributed by atoms with Gasteiger partial charge in [0.25, 0.3) is 0 Å². The molecule has 0 bridgehead atoms. The summed E-state index contributed by atoms with van der Waals surface area (Å²) in [5.41, 5.74) is 3.65. The lowest BCUT2D eigenvalue weighted by atomic mass is 9.92. The second kappa shape index (κ2) is 10.7. The van der Waals surface area contributed by atoms with Crippen molar-refractivity contribution in [1.82, 2.24) is 20.2 Å². The number of Topliss-reactive ketones (excluding diaryl/α,β-unsaturated/α-hetero) is 1. The Morgan fingerprint density at radius 1 is 1.05 bits per heavy atom. The number of carbonyl (C=O) groups is 2. The van der Waals surface area contributed by atoms with Gasteiger partial charge >= 0.3 is 0 Å². The molecule has 4 aromatic rings. The van der Waals surface area contributed by atoms with Crippen LogP contribution in [-0.4, -0.2) is 58.3 Å². The van der Waals surface area contributed by atoms with Crippen LogP contribution in [0.1, 0.15) is 13.8 Å². The highest BCUT2D eigenvalue weighted by Gasteiger charge is 2.44. The first-order valence-corrected chi connectivity index (χ1v) is 13.1. The lowest BCUT2D eigenvalue weighted by Gasteiger charge is -2.33. The predicted octanol–water partition coefficient (Wildman–Crippen LogP) is 4.73. The van der Waals surface area contributed by atoms with E-state index in [9.17, 15) is 9.59 Å². The van der Waals surface area contributed by atoms with Crippen LogP contribution in [0, 0.1) is 0 Å². The van der Waals surface area contributed by atoms with Crippen molar-refractivity contribution in [1.29, 1.82) is 0 Å². The molecule has 1 fully saturated rings. The number of aldehydes is 1. The van der Waals surface area contributed by atoms with Crippen LogP contribution in [0.2, 0.25) is 0 Å². The normalized spacial score (nSPS) is 17.0. The number of anilines is 1. The molecule has 8 heteroatoms. The Morgan fingerprint density at radius 2 is 1.73 bits per heavy atom. The monoisotopic (exact) mass is 511 g/mol. The molecule has 188 valence electrons. The van der Waals surface area contributed by atoms with Crippen LogP contribution in [0.3, 0.4) is 0 Å². The molecule has 5 rings (SSSR count). The first kappa shape index (κ1) is 25.0. The van der Waals surface area contributed by atoms with Gasteiger partial charge in [-0.2, -0.15) is 0 Å². The van der Waals surface area contributed by atoms with Gasteiger partial charge in [-0.15, -0.1) is 11.3 Å². The van der Waals surface area contributed by atoms with E-state index in [4.69, 9.17) is 4.98 Å². The minimum absolute atomic E-state index is 0.401. The maximum atomic E-state index is 12.0. The largest absolute Gasteiger partial charge is 0.353 e. The number of hydrogen-bond donors (Lipinski definition) is 2. The number of aromatic nitrogens is 2. The van der Waals surface area contributed by atoms with Crippen LogP contribution in [0.25, 0.3) is 32.1 Å². The summed E-state index contributed by atoms with van der Waals surface area (Å²) in [5.74, 6) is 0.130. The number of rotatable bonds is 9. The van der Waals surface area contributed by atoms with Gasteiger partial charge in [-0.05, 0) is 37.1 Å². The molecule has 1 aliphatic rings. The molecule has 3 heterocycles. The van der Waals surface area contributed by atoms with Gasteiger partial charge in [-0.1, -0.05) is 60.7 Å². The summed E-state index contributed by atoms with van der Waals surface area (Å²) in [5, 5.41) is 6.51. The van der Waals surface area contributed by atoms with E-state index in [1.54, 1.807) is 11.3 Å². The molecule has 37 heavy (non-hydrogen) atoms. The van der Waals surface area contributed by atoms with Gasteiger partial charge in [-0.3, -0.25) is 19.8 Å². The van der Waals surface area contributed by atoms with Crippen LogP contribution in [-0.2, 0) is 9.59 Å². The summed E-state index contributed by atoms with van der Waals surface area (Å²) in [6.07, 6.45) is 2.28. The second-order valence-corrected chi connectivity index (χ2v) is 10.6. The van der Waals surface area contributed by atoms with E-state index < -0.39 is 17.4 Å². The highest BCUT2D eigenvalue weighted by atomic mass is 32.1. The van der Waals surface area contributed by atoms with E-state index in [2.05, 4.69) is 56.9 Å². The van der Waals surface area contributed by atoms with E-state index in [1.165, 1.54) is 10.4 Å². The third-order valence-corrected chi connectivity index (χ3v) is 7.99. The molecule has 1 saturated heterocycles. The van der Waals surface area contributed by atoms with Crippen molar-refractivity contribution in [2.24, 2.45) is 0 Å². The molecule has 2 N–H and O–H groups in total. The highest BCUT2D eigenvalue weighted by Crippen LogP contribution is 2.38. The van der Waals surface area contributed by atoms with Crippen LogP contribution in [0.4, 0.5) is 5.95 Å². The molecule has 0 aliphatic carbocycles. The van der Waals surface area contributed by atoms with E-state index in [0.717, 1.165) is 21.7 Å². The van der Waals surface area contributed by atoms with Gasteiger partial charge in [0.05, 0.1) is 16.6 Å². The van der Waals surface area contributed by atoms with Crippen molar-refractivity contribution in [2.45, 2.75) is 25.4 Å². The van der Waals surface area contributed by atoms with E-state index in [1.807, 2.05) is 56.4 Å². The van der Waals surface area contributed by atoms with Gasteiger partial charge in [0.15, 0.2) is 6.29 Å². The summed E-state index contributed by atoms with van der Waals surface area (Å²) in [6.45, 7) is 5.75. The van der Waals surface area contributed by atoms with Crippen molar-refractivity contribution in [3.05, 3.63) is 79.0 Å². The Balaban J connectivity index is 1.37. The fourth-order valence-electron chi connectivity index (χ4n) is 4.73. The molecule has 1 atom stereocenters. The van der Waals surface area contributed by atoms with Crippen LogP contribution >= 0.6 is 11.3 Å². The van der Waals surface area contributed by atoms with Gasteiger partial charge in [0, 0.05) is 41.9 Å². The molecule has 1 aliphatic heterocycles. The maximum absolute atomic E-state index is 12.0. The summed E-state index contributed by atoms with van der Waals surface area (Å²) < 4.78 is 0. The molecule has 0 radical (unpaired) electrons. The topological polar surface area (TPSA) is 87.2 Å². The number of benzene rings is 2. The Hall–Kier alpha value is -3.72. The van der Waals surface area contributed by atoms with E-state index >= 15 is 0 Å². The SMILES string of the molecule is CC1(C)C(C(=O)C=O)NCN1CCNc1ncc(-c2ccccc2)c(-c2ccc(-c3ccccc3)s2)n1. The zero-order valence-corrected chi connectivity index (χ0v) is 21.7. The van der Waals surface area contributed by atoms with Gasteiger partial charge in [0.2, 0.25) is 11.7 Å². The molecular weight excluding hydrogens is 482 g/mol. The Bertz CT molecular complexity index is 1390. The summed E-state index contributed by atoms with van der Waals surface area (Å²) in [6, 6.07) is 24.3. The minimum atomic E-state index is -0.504. The number of ketones is 1. The number of nitrogens with one attached hydrogen (secondary N) is 2. The second-order valence-electron chi connectivity index (χ2n) is 9.51. The summed E-state index contributed by atoms with van der Waals surface area (Å²) in [7, 11) is 0. The molecule has 0 spiro atoms. The average Bonchev–Trinajstić information content (AvgIpc) is 3.54. The fourth-order valence-corrected chi connectivity index (χ4v) is 5.75. The Kier molecular flexibility index (Phi) is 7.23. The van der Waals surface area contributed by atoms with Crippen LogP contribution in [0.15, 0.2) is 79.0 Å². The van der Waals surface area contributed by atoms with Crippen molar-refractivity contribution in [3.8, 4) is 32.1 Å². The molecule has 2 aromatic heterocycles. The zero-order chi connectivity index (χ0) is 25.8. The number of thiophene rings is 1. The lowest BCUT2D eigenvalue weighted by molar-refractivity contribution is -0.132. The average molecular weight is 512 g/mol. The molecular formula is C29H29N5O2S. The molecule has 1 unspecified atom stereocenters. The van der Waals surface area contributed by atoms with Crippen molar-refractivity contribution < 1.29 is 9.59 Å².